The van der Waals surface area contributed by atoms with Crippen molar-refractivity contribution in [1.82, 2.24) is 4.90 Å². The Morgan fingerprint density at radius 3 is 2.04 bits per heavy atom. The van der Waals surface area contributed by atoms with Crippen molar-refractivity contribution in [3.63, 3.8) is 0 Å². The first kappa shape index (κ1) is 20.5. The molecule has 1 fully saturated rings. The van der Waals surface area contributed by atoms with E-state index in [2.05, 4.69) is 22.6 Å². The highest BCUT2D eigenvalue weighted by Gasteiger charge is 2.31. The molecule has 0 N–H and O–H groups in total. The summed E-state index contributed by atoms with van der Waals surface area (Å²) < 4.78 is 56.4. The lowest BCUT2D eigenvalue weighted by molar-refractivity contribution is 0.0746. The minimum Gasteiger partial charge on any atom is -0.363 e. The maximum absolute atomic E-state index is 14.1. The van der Waals surface area contributed by atoms with E-state index in [4.69, 9.17) is 23.2 Å². The van der Waals surface area contributed by atoms with E-state index in [1.165, 1.54) is 4.90 Å². The van der Waals surface area contributed by atoms with E-state index >= 15 is 0 Å². The number of halogens is 7. The lowest BCUT2D eigenvalue weighted by atomic mass is 10.1. The van der Waals surface area contributed by atoms with Crippen LogP contribution in [0.15, 0.2) is 18.2 Å². The molecule has 144 valence electrons. The Bertz CT molecular complexity index is 891. The van der Waals surface area contributed by atoms with E-state index in [1.54, 1.807) is 18.2 Å². The van der Waals surface area contributed by atoms with Gasteiger partial charge in [0.05, 0.1) is 10.6 Å². The van der Waals surface area contributed by atoms with Crippen molar-refractivity contribution in [1.29, 1.82) is 0 Å². The molecule has 1 aliphatic heterocycles. The van der Waals surface area contributed by atoms with Crippen LogP contribution in [0, 0.1) is 26.8 Å². The van der Waals surface area contributed by atoms with Gasteiger partial charge in [0.2, 0.25) is 0 Å². The van der Waals surface area contributed by atoms with Crippen molar-refractivity contribution < 1.29 is 22.4 Å². The second-order valence-corrected chi connectivity index (χ2v) is 7.85. The van der Waals surface area contributed by atoms with Gasteiger partial charge in [-0.15, -0.1) is 0 Å². The van der Waals surface area contributed by atoms with Crippen LogP contribution in [0.4, 0.5) is 23.2 Å². The van der Waals surface area contributed by atoms with Crippen molar-refractivity contribution in [2.24, 2.45) is 0 Å². The summed E-state index contributed by atoms with van der Waals surface area (Å²) in [5.41, 5.74) is -0.508. The number of anilines is 1. The quantitative estimate of drug-likeness (QED) is 0.232. The molecule has 27 heavy (non-hydrogen) atoms. The number of amides is 1. The highest BCUT2D eigenvalue weighted by atomic mass is 127. The average molecular weight is 533 g/mol. The van der Waals surface area contributed by atoms with Gasteiger partial charge in [-0.1, -0.05) is 23.2 Å². The molecule has 0 radical (unpaired) electrons. The zero-order valence-corrected chi connectivity index (χ0v) is 17.2. The summed E-state index contributed by atoms with van der Waals surface area (Å²) in [4.78, 5) is 15.2. The lowest BCUT2D eigenvalue weighted by Crippen LogP contribution is -2.49. The molecular weight excluding hydrogens is 522 g/mol. The Hall–Kier alpha value is -1.26. The number of rotatable bonds is 2. The predicted octanol–water partition coefficient (Wildman–Crippen LogP) is 5.12. The van der Waals surface area contributed by atoms with E-state index in [-0.39, 0.29) is 32.1 Å². The summed E-state index contributed by atoms with van der Waals surface area (Å²) in [6, 6.07) is 5.00. The van der Waals surface area contributed by atoms with Crippen LogP contribution in [-0.4, -0.2) is 37.0 Å². The number of hydrogen-bond acceptors (Lipinski definition) is 2. The second kappa shape index (κ2) is 8.00. The average Bonchev–Trinajstić information content (AvgIpc) is 2.67. The summed E-state index contributed by atoms with van der Waals surface area (Å²) in [6.45, 7) is 0.181. The zero-order valence-electron chi connectivity index (χ0n) is 13.5. The van der Waals surface area contributed by atoms with E-state index in [0.29, 0.717) is 10.6 Å². The molecule has 2 aromatic carbocycles. The Kier molecular flexibility index (Phi) is 6.07. The van der Waals surface area contributed by atoms with E-state index < -0.39 is 34.0 Å². The van der Waals surface area contributed by atoms with Crippen molar-refractivity contribution in [3.05, 3.63) is 60.6 Å². The van der Waals surface area contributed by atoms with Crippen LogP contribution in [-0.2, 0) is 0 Å². The highest BCUT2D eigenvalue weighted by Crippen LogP contribution is 2.34. The van der Waals surface area contributed by atoms with Gasteiger partial charge in [0.1, 0.15) is 10.7 Å². The van der Waals surface area contributed by atoms with E-state index in [1.807, 2.05) is 0 Å². The molecule has 2 aromatic rings. The molecule has 0 unspecified atom stereocenters. The molecule has 1 amide bonds. The molecule has 10 heteroatoms. The Labute approximate surface area is 176 Å². The standard InChI is InChI=1S/C17H11Cl2F4IN2O/c18-10-2-1-8(24)7-9(10)17(27)26-5-3-25(4-6-26)16-14(22)12(20)11(19)13(21)15(16)23/h1-2,7H,3-6H2. The van der Waals surface area contributed by atoms with Crippen LogP contribution in [0.2, 0.25) is 10.0 Å². The van der Waals surface area contributed by atoms with Gasteiger partial charge in [-0.05, 0) is 40.8 Å². The second-order valence-electron chi connectivity index (χ2n) is 5.82. The third kappa shape index (κ3) is 3.84. The van der Waals surface area contributed by atoms with Crippen LogP contribution >= 0.6 is 45.8 Å². The van der Waals surface area contributed by atoms with Crippen molar-refractivity contribution >= 4 is 57.4 Å². The fraction of sp³-hybridized carbons (Fsp3) is 0.235. The largest absolute Gasteiger partial charge is 0.363 e. The molecule has 0 atom stereocenters. The lowest BCUT2D eigenvalue weighted by Gasteiger charge is -2.36. The molecule has 3 rings (SSSR count). The van der Waals surface area contributed by atoms with Crippen LogP contribution in [0.1, 0.15) is 10.4 Å². The minimum atomic E-state index is -1.64. The zero-order chi connectivity index (χ0) is 19.9. The summed E-state index contributed by atoms with van der Waals surface area (Å²) in [7, 11) is 0. The van der Waals surface area contributed by atoms with Gasteiger partial charge in [0.15, 0.2) is 23.3 Å². The SMILES string of the molecule is O=C(c1cc(I)ccc1Cl)N1CCN(c2c(F)c(F)c(Cl)c(F)c2F)CC1. The smallest absolute Gasteiger partial charge is 0.255 e. The van der Waals surface area contributed by atoms with Gasteiger partial charge in [0, 0.05) is 29.7 Å². The van der Waals surface area contributed by atoms with Crippen LogP contribution in [0.25, 0.3) is 0 Å². The number of carbonyl (C=O) groups is 1. The van der Waals surface area contributed by atoms with Gasteiger partial charge in [-0.3, -0.25) is 4.79 Å². The highest BCUT2D eigenvalue weighted by molar-refractivity contribution is 14.1. The topological polar surface area (TPSA) is 23.6 Å². The van der Waals surface area contributed by atoms with E-state index in [0.717, 1.165) is 8.47 Å². The molecule has 0 aromatic heterocycles. The molecular formula is C17H11Cl2F4IN2O. The summed E-state index contributed by atoms with van der Waals surface area (Å²) in [5, 5.41) is -0.933. The molecule has 0 spiro atoms. The Morgan fingerprint density at radius 1 is 0.926 bits per heavy atom. The van der Waals surface area contributed by atoms with Crippen molar-refractivity contribution in [3.8, 4) is 0 Å². The van der Waals surface area contributed by atoms with Crippen LogP contribution < -0.4 is 4.90 Å². The Morgan fingerprint density at radius 2 is 1.48 bits per heavy atom. The molecule has 0 bridgehead atoms. The number of hydrogen-bond donors (Lipinski definition) is 0. The van der Waals surface area contributed by atoms with Gasteiger partial charge in [0.25, 0.3) is 5.91 Å². The third-order valence-electron chi connectivity index (χ3n) is 4.23. The van der Waals surface area contributed by atoms with Crippen LogP contribution in [0.5, 0.6) is 0 Å². The monoisotopic (exact) mass is 532 g/mol. The first-order valence-electron chi connectivity index (χ1n) is 7.73. The molecule has 0 aliphatic carbocycles. The maximum Gasteiger partial charge on any atom is 0.255 e. The van der Waals surface area contributed by atoms with Gasteiger partial charge < -0.3 is 9.80 Å². The number of nitrogens with zero attached hydrogens (tertiary/aromatic N) is 2. The van der Waals surface area contributed by atoms with Gasteiger partial charge in [-0.25, -0.2) is 17.6 Å². The normalized spacial score (nSPS) is 14.6. The number of benzene rings is 2. The molecule has 1 heterocycles. The molecule has 3 nitrogen and oxygen atoms in total. The maximum atomic E-state index is 14.1. The third-order valence-corrected chi connectivity index (χ3v) is 5.56. The summed E-state index contributed by atoms with van der Waals surface area (Å²) in [6.07, 6.45) is 0. The number of carbonyl (C=O) groups excluding carboxylic acids is 1. The fourth-order valence-electron chi connectivity index (χ4n) is 2.84. The molecule has 0 saturated carbocycles. The first-order chi connectivity index (χ1) is 12.7. The molecule has 1 saturated heterocycles. The van der Waals surface area contributed by atoms with Crippen LogP contribution in [0.3, 0.4) is 0 Å². The number of piperazine rings is 1. The minimum absolute atomic E-state index is 0.0123. The first-order valence-corrected chi connectivity index (χ1v) is 9.56. The van der Waals surface area contributed by atoms with Gasteiger partial charge >= 0.3 is 0 Å². The van der Waals surface area contributed by atoms with Crippen molar-refractivity contribution in [2.75, 3.05) is 31.1 Å². The fourth-order valence-corrected chi connectivity index (χ4v) is 3.69. The van der Waals surface area contributed by atoms with Crippen molar-refractivity contribution in [2.45, 2.75) is 0 Å². The summed E-state index contributed by atoms with van der Waals surface area (Å²) >= 11 is 13.4. The Balaban J connectivity index is 1.80. The van der Waals surface area contributed by atoms with Gasteiger partial charge in [-0.2, -0.15) is 0 Å². The summed E-state index contributed by atoms with van der Waals surface area (Å²) in [5.74, 6) is -6.73. The molecule has 1 aliphatic rings. The predicted molar refractivity (Wildman–Crippen MR) is 104 cm³/mol. The van der Waals surface area contributed by atoms with E-state index in [9.17, 15) is 22.4 Å².